The molecule has 1 atom stereocenters. The number of hydrogen-bond donors (Lipinski definition) is 3. The zero-order valence-corrected chi connectivity index (χ0v) is 19.2. The van der Waals surface area contributed by atoms with Crippen LogP contribution in [0.5, 0.6) is 5.75 Å². The second-order valence-corrected chi connectivity index (χ2v) is 6.65. The zero-order chi connectivity index (χ0) is 19.5. The first kappa shape index (κ1) is 24.3. The minimum absolute atomic E-state index is 0. The van der Waals surface area contributed by atoms with E-state index in [2.05, 4.69) is 22.5 Å². The number of furan rings is 1. The Bertz CT molecular complexity index is 703. The molecule has 1 unspecified atom stereocenters. The Balaban J connectivity index is 0.00000392. The summed E-state index contributed by atoms with van der Waals surface area (Å²) in [5.74, 6) is 2.03. The van der Waals surface area contributed by atoms with E-state index in [-0.39, 0.29) is 30.5 Å². The van der Waals surface area contributed by atoms with E-state index in [1.807, 2.05) is 31.2 Å². The summed E-state index contributed by atoms with van der Waals surface area (Å²) in [6.07, 6.45) is 3.72. The first-order valence-corrected chi connectivity index (χ1v) is 9.55. The zero-order valence-electron chi connectivity index (χ0n) is 16.9. The normalized spacial score (nSPS) is 13.4. The molecule has 0 aliphatic heterocycles. The highest BCUT2D eigenvalue weighted by atomic mass is 127. The van der Waals surface area contributed by atoms with E-state index in [1.165, 1.54) is 0 Å². The van der Waals surface area contributed by atoms with Gasteiger partial charge in [0.05, 0.1) is 26.0 Å². The van der Waals surface area contributed by atoms with Gasteiger partial charge in [-0.1, -0.05) is 25.5 Å². The predicted molar refractivity (Wildman–Crippen MR) is 123 cm³/mol. The van der Waals surface area contributed by atoms with Crippen molar-refractivity contribution in [1.29, 1.82) is 0 Å². The molecular formula is C21H32IN3O3. The van der Waals surface area contributed by atoms with Gasteiger partial charge in [-0.2, -0.15) is 0 Å². The summed E-state index contributed by atoms with van der Waals surface area (Å²) in [5.41, 5.74) is -0.0498. The largest absolute Gasteiger partial charge is 0.494 e. The number of rotatable bonds is 10. The SMILES string of the molecule is CCCCOc1cccc(CN=C(NCC)NCC(C)(O)c2ccco2)c1.I. The highest BCUT2D eigenvalue weighted by molar-refractivity contribution is 14.0. The van der Waals surface area contributed by atoms with Crippen molar-refractivity contribution in [3.8, 4) is 5.75 Å². The predicted octanol–water partition coefficient (Wildman–Crippen LogP) is 4.04. The number of benzene rings is 1. The van der Waals surface area contributed by atoms with E-state index < -0.39 is 5.60 Å². The lowest BCUT2D eigenvalue weighted by Gasteiger charge is -2.22. The molecule has 0 radical (unpaired) electrons. The second kappa shape index (κ2) is 12.7. The van der Waals surface area contributed by atoms with Crippen LogP contribution >= 0.6 is 24.0 Å². The average molecular weight is 501 g/mol. The molecule has 3 N–H and O–H groups in total. The van der Waals surface area contributed by atoms with Crippen molar-refractivity contribution in [3.63, 3.8) is 0 Å². The molecular weight excluding hydrogens is 469 g/mol. The summed E-state index contributed by atoms with van der Waals surface area (Å²) in [6.45, 7) is 8.12. The number of unbranched alkanes of at least 4 members (excludes halogenated alkanes) is 1. The van der Waals surface area contributed by atoms with Gasteiger partial charge in [0.2, 0.25) is 0 Å². The molecule has 0 spiro atoms. The van der Waals surface area contributed by atoms with Crippen molar-refractivity contribution in [2.45, 2.75) is 45.8 Å². The highest BCUT2D eigenvalue weighted by Crippen LogP contribution is 2.19. The number of ether oxygens (including phenoxy) is 1. The van der Waals surface area contributed by atoms with E-state index in [9.17, 15) is 5.11 Å². The summed E-state index contributed by atoms with van der Waals surface area (Å²) in [4.78, 5) is 4.60. The molecule has 0 amide bonds. The van der Waals surface area contributed by atoms with Crippen LogP contribution in [0.3, 0.4) is 0 Å². The lowest BCUT2D eigenvalue weighted by Crippen LogP contribution is -2.44. The van der Waals surface area contributed by atoms with Gasteiger partial charge in [0.1, 0.15) is 17.1 Å². The Morgan fingerprint density at radius 1 is 1.21 bits per heavy atom. The first-order chi connectivity index (χ1) is 13.0. The molecule has 6 nitrogen and oxygen atoms in total. The molecule has 2 rings (SSSR count). The van der Waals surface area contributed by atoms with Crippen LogP contribution in [0.2, 0.25) is 0 Å². The summed E-state index contributed by atoms with van der Waals surface area (Å²) >= 11 is 0. The third-order valence-electron chi connectivity index (χ3n) is 4.08. The molecule has 0 saturated carbocycles. The number of hydrogen-bond acceptors (Lipinski definition) is 4. The van der Waals surface area contributed by atoms with Crippen LogP contribution in [0.25, 0.3) is 0 Å². The summed E-state index contributed by atoms with van der Waals surface area (Å²) in [6, 6.07) is 11.5. The van der Waals surface area contributed by atoms with E-state index in [1.54, 1.807) is 25.3 Å². The minimum atomic E-state index is -1.12. The number of aliphatic hydroxyl groups is 1. The van der Waals surface area contributed by atoms with E-state index >= 15 is 0 Å². The molecule has 2 aromatic rings. The number of aliphatic imine (C=N–C) groups is 1. The molecule has 1 heterocycles. The molecule has 28 heavy (non-hydrogen) atoms. The van der Waals surface area contributed by atoms with E-state index in [4.69, 9.17) is 9.15 Å². The number of nitrogens with one attached hydrogen (secondary N) is 2. The van der Waals surface area contributed by atoms with Crippen molar-refractivity contribution < 1.29 is 14.3 Å². The lowest BCUT2D eigenvalue weighted by atomic mass is 10.0. The minimum Gasteiger partial charge on any atom is -0.494 e. The van der Waals surface area contributed by atoms with Crippen molar-refractivity contribution >= 4 is 29.9 Å². The maximum absolute atomic E-state index is 10.6. The van der Waals surface area contributed by atoms with Crippen molar-refractivity contribution in [3.05, 3.63) is 54.0 Å². The third-order valence-corrected chi connectivity index (χ3v) is 4.08. The van der Waals surface area contributed by atoms with Gasteiger partial charge in [-0.25, -0.2) is 4.99 Å². The number of nitrogens with zero attached hydrogens (tertiary/aromatic N) is 1. The third kappa shape index (κ3) is 8.10. The van der Waals surface area contributed by atoms with E-state index in [0.29, 0.717) is 18.3 Å². The van der Waals surface area contributed by atoms with Gasteiger partial charge in [0.25, 0.3) is 0 Å². The van der Waals surface area contributed by atoms with Crippen molar-refractivity contribution in [2.75, 3.05) is 19.7 Å². The lowest BCUT2D eigenvalue weighted by molar-refractivity contribution is 0.0386. The van der Waals surface area contributed by atoms with Crippen LogP contribution in [0.15, 0.2) is 52.1 Å². The Labute approximate surface area is 184 Å². The van der Waals surface area contributed by atoms with Gasteiger partial charge >= 0.3 is 0 Å². The quantitative estimate of drug-likeness (QED) is 0.198. The monoisotopic (exact) mass is 501 g/mol. The molecule has 0 saturated heterocycles. The molecule has 1 aromatic carbocycles. The maximum Gasteiger partial charge on any atom is 0.191 e. The highest BCUT2D eigenvalue weighted by Gasteiger charge is 2.26. The molecule has 0 bridgehead atoms. The number of guanidine groups is 1. The standard InChI is InChI=1S/C21H31N3O3.HI/c1-4-6-12-26-18-10-7-9-17(14-18)15-23-20(22-5-2)24-16-21(3,25)19-11-8-13-27-19;/h7-11,13-14,25H,4-6,12,15-16H2,1-3H3,(H2,22,23,24);1H. The Hall–Kier alpha value is -1.74. The molecule has 0 fully saturated rings. The summed E-state index contributed by atoms with van der Waals surface area (Å²) < 4.78 is 11.1. The fourth-order valence-electron chi connectivity index (χ4n) is 2.51. The van der Waals surface area contributed by atoms with Crippen LogP contribution < -0.4 is 15.4 Å². The first-order valence-electron chi connectivity index (χ1n) is 9.55. The van der Waals surface area contributed by atoms with Gasteiger partial charge in [0.15, 0.2) is 5.96 Å². The van der Waals surface area contributed by atoms with Gasteiger partial charge < -0.3 is 24.9 Å². The van der Waals surface area contributed by atoms with Crippen LogP contribution in [0.4, 0.5) is 0 Å². The van der Waals surface area contributed by atoms with Crippen LogP contribution in [-0.2, 0) is 12.1 Å². The summed E-state index contributed by atoms with van der Waals surface area (Å²) in [7, 11) is 0. The average Bonchev–Trinajstić information content (AvgIpc) is 3.20. The van der Waals surface area contributed by atoms with Crippen molar-refractivity contribution in [2.24, 2.45) is 4.99 Å². The van der Waals surface area contributed by atoms with Crippen LogP contribution in [0, 0.1) is 0 Å². The number of halogens is 1. The molecule has 0 aliphatic carbocycles. The Morgan fingerprint density at radius 3 is 2.71 bits per heavy atom. The van der Waals surface area contributed by atoms with Gasteiger partial charge in [-0.05, 0) is 50.1 Å². The second-order valence-electron chi connectivity index (χ2n) is 6.65. The van der Waals surface area contributed by atoms with Crippen molar-refractivity contribution in [1.82, 2.24) is 10.6 Å². The molecule has 1 aromatic heterocycles. The fraction of sp³-hybridized carbons (Fsp3) is 0.476. The Morgan fingerprint density at radius 2 is 2.04 bits per heavy atom. The van der Waals surface area contributed by atoms with Gasteiger partial charge in [-0.3, -0.25) is 0 Å². The molecule has 7 heteroatoms. The van der Waals surface area contributed by atoms with E-state index in [0.717, 1.165) is 37.3 Å². The van der Waals surface area contributed by atoms with Gasteiger partial charge in [0, 0.05) is 6.54 Å². The topological polar surface area (TPSA) is 79.0 Å². The van der Waals surface area contributed by atoms with Crippen LogP contribution in [0.1, 0.15) is 44.9 Å². The molecule has 0 aliphatic rings. The van der Waals surface area contributed by atoms with Gasteiger partial charge in [-0.15, -0.1) is 24.0 Å². The van der Waals surface area contributed by atoms with Crippen LogP contribution in [-0.4, -0.2) is 30.8 Å². The fourth-order valence-corrected chi connectivity index (χ4v) is 2.51. The maximum atomic E-state index is 10.6. The molecule has 156 valence electrons. The smallest absolute Gasteiger partial charge is 0.191 e. The Kier molecular flexibility index (Phi) is 11.0. The summed E-state index contributed by atoms with van der Waals surface area (Å²) in [5, 5.41) is 16.9.